The summed E-state index contributed by atoms with van der Waals surface area (Å²) in [6.45, 7) is 2.53. The van der Waals surface area contributed by atoms with Crippen LogP contribution in [-0.4, -0.2) is 41.8 Å². The van der Waals surface area contributed by atoms with Crippen molar-refractivity contribution in [1.29, 1.82) is 0 Å². The van der Waals surface area contributed by atoms with E-state index in [9.17, 15) is 9.59 Å². The fourth-order valence-corrected chi connectivity index (χ4v) is 4.54. The van der Waals surface area contributed by atoms with Crippen LogP contribution < -0.4 is 15.4 Å². The van der Waals surface area contributed by atoms with E-state index in [0.717, 1.165) is 21.6 Å². The molecule has 0 atom stereocenters. The summed E-state index contributed by atoms with van der Waals surface area (Å²) in [6, 6.07) is 16.1. The molecule has 0 saturated carbocycles. The number of para-hydroxylation sites is 1. The summed E-state index contributed by atoms with van der Waals surface area (Å²) in [7, 11) is 1.57. The molecule has 0 saturated heterocycles. The summed E-state index contributed by atoms with van der Waals surface area (Å²) in [5.74, 6) is 0.277. The molecule has 164 valence electrons. The van der Waals surface area contributed by atoms with Crippen molar-refractivity contribution in [1.82, 2.24) is 20.4 Å². The van der Waals surface area contributed by atoms with Gasteiger partial charge >= 0.3 is 0 Å². The number of aryl methyl sites for hydroxylation is 1. The Kier molecular flexibility index (Phi) is 6.43. The summed E-state index contributed by atoms with van der Waals surface area (Å²) < 4.78 is 6.85. The summed E-state index contributed by atoms with van der Waals surface area (Å²) in [6.07, 6.45) is 0. The van der Waals surface area contributed by atoms with Crippen molar-refractivity contribution >= 4 is 45.0 Å². The van der Waals surface area contributed by atoms with Crippen LogP contribution in [0.5, 0.6) is 5.75 Å². The number of nitrogens with one attached hydrogen (secondary N) is 2. The molecule has 4 rings (SSSR count). The van der Waals surface area contributed by atoms with Gasteiger partial charge in [0.25, 0.3) is 11.8 Å². The maximum absolute atomic E-state index is 12.6. The molecule has 0 spiro atoms. The third-order valence-electron chi connectivity index (χ3n) is 4.90. The average Bonchev–Trinajstić information content (AvgIpc) is 3.37. The largest absolute Gasteiger partial charge is 0.497 e. The molecule has 0 aliphatic carbocycles. The molecule has 0 radical (unpaired) electrons. The number of hydrogen-bond donors (Lipinski definition) is 2. The molecule has 2 N–H and O–H groups in total. The Morgan fingerprint density at radius 3 is 2.44 bits per heavy atom. The predicted octanol–water partition coefficient (Wildman–Crippen LogP) is 4.22. The molecule has 4 aromatic rings. The molecule has 9 heteroatoms. The minimum atomic E-state index is -0.209. The van der Waals surface area contributed by atoms with Gasteiger partial charge in [-0.2, -0.15) is 5.10 Å². The van der Waals surface area contributed by atoms with Gasteiger partial charge < -0.3 is 15.4 Å². The standard InChI is InChI=1S/C23H21ClN4O3S/c1-14-17-13-20(32-23(17)28(27-14)19-6-4-3-5-18(19)24)22(30)26-12-11-25-21(29)15-7-9-16(31-2)10-8-15/h3-10,13H,11-12H2,1-2H3,(H,25,29)(H,26,30). The number of carbonyl (C=O) groups is 2. The van der Waals surface area contributed by atoms with Crippen molar-refractivity contribution in [2.24, 2.45) is 0 Å². The zero-order valence-electron chi connectivity index (χ0n) is 17.5. The van der Waals surface area contributed by atoms with Crippen molar-refractivity contribution in [3.05, 3.63) is 75.8 Å². The van der Waals surface area contributed by atoms with Gasteiger partial charge in [-0.1, -0.05) is 23.7 Å². The van der Waals surface area contributed by atoms with Gasteiger partial charge in [0.15, 0.2) is 0 Å². The van der Waals surface area contributed by atoms with Crippen LogP contribution in [0, 0.1) is 6.92 Å². The molecule has 2 aromatic heterocycles. The van der Waals surface area contributed by atoms with E-state index in [4.69, 9.17) is 16.3 Å². The molecular formula is C23H21ClN4O3S. The number of thiophene rings is 1. The summed E-state index contributed by atoms with van der Waals surface area (Å²) >= 11 is 7.68. The fourth-order valence-electron chi connectivity index (χ4n) is 3.23. The number of carbonyl (C=O) groups excluding carboxylic acids is 2. The van der Waals surface area contributed by atoms with Gasteiger partial charge in [0.05, 0.1) is 28.4 Å². The lowest BCUT2D eigenvalue weighted by Crippen LogP contribution is -2.34. The zero-order valence-corrected chi connectivity index (χ0v) is 19.1. The predicted molar refractivity (Wildman–Crippen MR) is 126 cm³/mol. The minimum Gasteiger partial charge on any atom is -0.497 e. The smallest absolute Gasteiger partial charge is 0.261 e. The fraction of sp³-hybridized carbons (Fsp3) is 0.174. The Balaban J connectivity index is 1.38. The number of benzene rings is 2. The third-order valence-corrected chi connectivity index (χ3v) is 6.33. The molecule has 32 heavy (non-hydrogen) atoms. The van der Waals surface area contributed by atoms with Crippen molar-refractivity contribution in [3.63, 3.8) is 0 Å². The number of aromatic nitrogens is 2. The lowest BCUT2D eigenvalue weighted by molar-refractivity contribution is 0.0929. The highest BCUT2D eigenvalue weighted by Crippen LogP contribution is 2.32. The normalized spacial score (nSPS) is 10.8. The molecule has 2 aromatic carbocycles. The van der Waals surface area contributed by atoms with Crippen molar-refractivity contribution in [3.8, 4) is 11.4 Å². The van der Waals surface area contributed by atoms with E-state index in [1.54, 1.807) is 42.1 Å². The molecule has 0 unspecified atom stereocenters. The number of nitrogens with zero attached hydrogens (tertiary/aromatic N) is 2. The first-order chi connectivity index (χ1) is 15.5. The second-order valence-corrected chi connectivity index (χ2v) is 8.46. The molecule has 0 bridgehead atoms. The Morgan fingerprint density at radius 2 is 1.75 bits per heavy atom. The number of halogens is 1. The van der Waals surface area contributed by atoms with Crippen molar-refractivity contribution in [2.75, 3.05) is 20.2 Å². The van der Waals surface area contributed by atoms with Crippen LogP contribution in [-0.2, 0) is 0 Å². The molecule has 7 nitrogen and oxygen atoms in total. The summed E-state index contributed by atoms with van der Waals surface area (Å²) in [5.41, 5.74) is 2.12. The molecular weight excluding hydrogens is 448 g/mol. The first kappa shape index (κ1) is 21.9. The highest BCUT2D eigenvalue weighted by Gasteiger charge is 2.18. The number of rotatable bonds is 7. The lowest BCUT2D eigenvalue weighted by atomic mass is 10.2. The minimum absolute atomic E-state index is 0.199. The van der Waals surface area contributed by atoms with Gasteiger partial charge in [-0.05, 0) is 49.4 Å². The van der Waals surface area contributed by atoms with E-state index in [2.05, 4.69) is 15.7 Å². The van der Waals surface area contributed by atoms with Gasteiger partial charge in [-0.3, -0.25) is 9.59 Å². The molecule has 2 heterocycles. The van der Waals surface area contributed by atoms with Gasteiger partial charge in [0.1, 0.15) is 10.6 Å². The van der Waals surface area contributed by atoms with E-state index in [1.807, 2.05) is 31.2 Å². The maximum atomic E-state index is 12.6. The van der Waals surface area contributed by atoms with Gasteiger partial charge in [-0.25, -0.2) is 4.68 Å². The van der Waals surface area contributed by atoms with E-state index in [0.29, 0.717) is 34.3 Å². The first-order valence-electron chi connectivity index (χ1n) is 9.92. The summed E-state index contributed by atoms with van der Waals surface area (Å²) in [4.78, 5) is 26.3. The number of amides is 2. The monoisotopic (exact) mass is 468 g/mol. The van der Waals surface area contributed by atoms with E-state index < -0.39 is 0 Å². The van der Waals surface area contributed by atoms with Crippen LogP contribution in [0.1, 0.15) is 25.7 Å². The molecule has 0 aliphatic rings. The second-order valence-electron chi connectivity index (χ2n) is 7.02. The Labute approximate surface area is 194 Å². The van der Waals surface area contributed by atoms with Gasteiger partial charge in [0, 0.05) is 24.0 Å². The quantitative estimate of drug-likeness (QED) is 0.398. The van der Waals surface area contributed by atoms with Crippen LogP contribution in [0.4, 0.5) is 0 Å². The SMILES string of the molecule is COc1ccc(C(=O)NCCNC(=O)c2cc3c(C)nn(-c4ccccc4Cl)c3s2)cc1. The second kappa shape index (κ2) is 9.42. The van der Waals surface area contributed by atoms with E-state index in [1.165, 1.54) is 11.3 Å². The highest BCUT2D eigenvalue weighted by molar-refractivity contribution is 7.20. The number of methoxy groups -OCH3 is 1. The topological polar surface area (TPSA) is 85.2 Å². The van der Waals surface area contributed by atoms with Crippen LogP contribution >= 0.6 is 22.9 Å². The van der Waals surface area contributed by atoms with Crippen LogP contribution in [0.3, 0.4) is 0 Å². The van der Waals surface area contributed by atoms with Gasteiger partial charge in [0.2, 0.25) is 0 Å². The van der Waals surface area contributed by atoms with E-state index in [-0.39, 0.29) is 11.8 Å². The van der Waals surface area contributed by atoms with Crippen molar-refractivity contribution in [2.45, 2.75) is 6.92 Å². The number of ether oxygens (including phenoxy) is 1. The van der Waals surface area contributed by atoms with Crippen LogP contribution in [0.25, 0.3) is 15.9 Å². The number of fused-ring (bicyclic) bond motifs is 1. The summed E-state index contributed by atoms with van der Waals surface area (Å²) in [5, 5.41) is 11.7. The Bertz CT molecular complexity index is 1280. The van der Waals surface area contributed by atoms with E-state index >= 15 is 0 Å². The van der Waals surface area contributed by atoms with Crippen LogP contribution in [0.15, 0.2) is 54.6 Å². The average molecular weight is 469 g/mol. The Morgan fingerprint density at radius 1 is 1.06 bits per heavy atom. The lowest BCUT2D eigenvalue weighted by Gasteiger charge is -2.07. The number of hydrogen-bond acceptors (Lipinski definition) is 5. The van der Waals surface area contributed by atoms with Crippen LogP contribution in [0.2, 0.25) is 5.02 Å². The highest BCUT2D eigenvalue weighted by atomic mass is 35.5. The maximum Gasteiger partial charge on any atom is 0.261 e. The first-order valence-corrected chi connectivity index (χ1v) is 11.1. The Hall–Kier alpha value is -3.36. The molecule has 2 amide bonds. The molecule has 0 fully saturated rings. The van der Waals surface area contributed by atoms with Crippen molar-refractivity contribution < 1.29 is 14.3 Å². The third kappa shape index (κ3) is 4.46. The zero-order chi connectivity index (χ0) is 22.7. The molecule has 0 aliphatic heterocycles. The van der Waals surface area contributed by atoms with Gasteiger partial charge in [-0.15, -0.1) is 11.3 Å².